The molecule has 4 aliphatic rings. The Bertz CT molecular complexity index is 1760. The summed E-state index contributed by atoms with van der Waals surface area (Å²) in [5.74, 6) is -22.5. The van der Waals surface area contributed by atoms with E-state index in [0.29, 0.717) is 0 Å². The number of alkyl halides is 2. The van der Waals surface area contributed by atoms with Gasteiger partial charge in [0, 0.05) is 5.92 Å². The number of hydrogen-bond acceptors (Lipinski definition) is 7. The van der Waals surface area contributed by atoms with E-state index >= 15 is 8.78 Å². The monoisotopic (exact) mass is 687 g/mol. The molecule has 2 aromatic carbocycles. The molecule has 6 amide bonds. The number of benzene rings is 2. The number of anilines is 1. The highest BCUT2D eigenvalue weighted by molar-refractivity contribution is 6.58. The van der Waals surface area contributed by atoms with Gasteiger partial charge in [0.05, 0.1) is 18.4 Å². The van der Waals surface area contributed by atoms with Gasteiger partial charge in [0.2, 0.25) is 17.6 Å². The highest BCUT2D eigenvalue weighted by Gasteiger charge is 2.77. The summed E-state index contributed by atoms with van der Waals surface area (Å²) >= 11 is 14.0. The summed E-state index contributed by atoms with van der Waals surface area (Å²) in [5, 5.41) is 9.07. The van der Waals surface area contributed by atoms with Crippen molar-refractivity contribution < 1.29 is 55.8 Å². The Labute approximate surface area is 265 Å². The van der Waals surface area contributed by atoms with E-state index in [4.69, 9.17) is 38.8 Å². The normalized spacial score (nSPS) is 30.3. The predicted octanol–water partition coefficient (Wildman–Crippen LogP) is 3.40. The number of nitrogens with zero attached hydrogens (tertiary/aromatic N) is 2. The zero-order chi connectivity index (χ0) is 33.6. The molecular weight excluding hydrogens is 668 g/mol. The Morgan fingerprint density at radius 3 is 2.07 bits per heavy atom. The number of primary amides is 1. The third-order valence-electron chi connectivity index (χ3n) is 9.02. The summed E-state index contributed by atoms with van der Waals surface area (Å²) in [4.78, 5) is 61.2. The topological polar surface area (TPSA) is 147 Å². The van der Waals surface area contributed by atoms with Gasteiger partial charge in [0.15, 0.2) is 33.0 Å². The number of aliphatic hydroxyl groups excluding tert-OH is 1. The molecule has 0 bridgehead atoms. The maximum Gasteiger partial charge on any atom is 0.328 e. The van der Waals surface area contributed by atoms with Crippen molar-refractivity contribution in [2.75, 3.05) is 18.1 Å². The van der Waals surface area contributed by atoms with E-state index in [9.17, 15) is 37.1 Å². The number of hydrogen-bond donors (Lipinski definition) is 2. The van der Waals surface area contributed by atoms with Crippen molar-refractivity contribution in [3.05, 3.63) is 70.6 Å². The Hall–Kier alpha value is -4.08. The standard InChI is InChI=1S/C29H20Cl2F5N3O7/c30-28-9-14-12(5-6-13-15(14)24(42)39(23(13)41)27(37)45)16(10-1-3-11(4-2-10)46-8-7-40)29(28,31)26(44)38(25(28)43)22-20(35)18(33)17(32)19(34)21(22)36/h1-5,13-16,40H,6-9H2,(H2,37,45). The molecule has 6 unspecified atom stereocenters. The molecule has 0 spiro atoms. The molecule has 46 heavy (non-hydrogen) atoms. The van der Waals surface area contributed by atoms with Gasteiger partial charge in [-0.3, -0.25) is 19.2 Å². The Morgan fingerprint density at radius 2 is 1.50 bits per heavy atom. The van der Waals surface area contributed by atoms with Crippen LogP contribution in [0.2, 0.25) is 0 Å². The van der Waals surface area contributed by atoms with Crippen LogP contribution in [0.15, 0.2) is 35.9 Å². The Morgan fingerprint density at radius 1 is 0.913 bits per heavy atom. The molecule has 3 fully saturated rings. The van der Waals surface area contributed by atoms with Crippen LogP contribution in [0.4, 0.5) is 32.4 Å². The molecule has 17 heteroatoms. The zero-order valence-electron chi connectivity index (χ0n) is 23.0. The van der Waals surface area contributed by atoms with Gasteiger partial charge in [-0.1, -0.05) is 23.8 Å². The maximum absolute atomic E-state index is 15.1. The van der Waals surface area contributed by atoms with Crippen LogP contribution in [0.25, 0.3) is 0 Å². The number of amides is 6. The predicted molar refractivity (Wildman–Crippen MR) is 147 cm³/mol. The number of carbonyl (C=O) groups is 5. The van der Waals surface area contributed by atoms with Crippen molar-refractivity contribution in [3.8, 4) is 5.75 Å². The van der Waals surface area contributed by atoms with E-state index in [1.54, 1.807) is 0 Å². The highest BCUT2D eigenvalue weighted by atomic mass is 35.5. The number of rotatable bonds is 5. The smallest absolute Gasteiger partial charge is 0.328 e. The van der Waals surface area contributed by atoms with Gasteiger partial charge in [0.1, 0.15) is 18.0 Å². The van der Waals surface area contributed by atoms with Crippen LogP contribution in [-0.2, 0) is 19.2 Å². The van der Waals surface area contributed by atoms with E-state index < -0.39 is 104 Å². The molecule has 0 aromatic heterocycles. The Kier molecular flexibility index (Phi) is 7.44. The molecule has 2 saturated heterocycles. The first kappa shape index (κ1) is 31.9. The molecule has 10 nitrogen and oxygen atoms in total. The van der Waals surface area contributed by atoms with E-state index in [1.165, 1.54) is 30.3 Å². The van der Waals surface area contributed by atoms with E-state index in [0.717, 1.165) is 0 Å². The van der Waals surface area contributed by atoms with Gasteiger partial charge >= 0.3 is 6.03 Å². The SMILES string of the molecule is NC(=O)N1C(=O)C2CC=C3C(CC4(Cl)C(=O)N(c5c(F)c(F)c(F)c(F)c5F)C(=O)C4(Cl)C3c3ccc(OCCO)cc3)C2C1=O. The molecule has 2 aliphatic heterocycles. The van der Waals surface area contributed by atoms with Crippen LogP contribution in [0.5, 0.6) is 5.75 Å². The molecular formula is C29H20Cl2F5N3O7. The molecule has 0 radical (unpaired) electrons. The highest BCUT2D eigenvalue weighted by Crippen LogP contribution is 2.66. The molecule has 3 N–H and O–H groups in total. The van der Waals surface area contributed by atoms with Crippen LogP contribution in [0.3, 0.4) is 0 Å². The van der Waals surface area contributed by atoms with Crippen LogP contribution >= 0.6 is 23.2 Å². The first-order valence-electron chi connectivity index (χ1n) is 13.6. The second kappa shape index (κ2) is 10.7. The lowest BCUT2D eigenvalue weighted by Crippen LogP contribution is -2.60. The number of aliphatic hydroxyl groups is 1. The largest absolute Gasteiger partial charge is 0.491 e. The van der Waals surface area contributed by atoms with Gasteiger partial charge in [-0.2, -0.15) is 4.90 Å². The number of urea groups is 1. The second-order valence-corrected chi connectivity index (χ2v) is 12.4. The molecule has 2 aromatic rings. The second-order valence-electron chi connectivity index (χ2n) is 11.2. The number of halogens is 7. The van der Waals surface area contributed by atoms with Gasteiger partial charge in [-0.05, 0) is 36.5 Å². The average Bonchev–Trinajstić information content (AvgIpc) is 3.37. The first-order chi connectivity index (χ1) is 21.6. The van der Waals surface area contributed by atoms with Crippen molar-refractivity contribution in [3.63, 3.8) is 0 Å². The van der Waals surface area contributed by atoms with Crippen LogP contribution in [0, 0.1) is 46.8 Å². The number of carbonyl (C=O) groups excluding carboxylic acids is 5. The maximum atomic E-state index is 15.1. The third-order valence-corrected chi connectivity index (χ3v) is 10.4. The molecule has 6 atom stereocenters. The zero-order valence-corrected chi connectivity index (χ0v) is 24.6. The van der Waals surface area contributed by atoms with Crippen molar-refractivity contribution in [2.24, 2.45) is 23.5 Å². The third kappa shape index (κ3) is 4.00. The van der Waals surface area contributed by atoms with E-state index in [2.05, 4.69) is 0 Å². The molecule has 2 aliphatic carbocycles. The average molecular weight is 688 g/mol. The molecule has 6 rings (SSSR count). The van der Waals surface area contributed by atoms with Gasteiger partial charge in [-0.15, -0.1) is 23.2 Å². The van der Waals surface area contributed by atoms with Crippen molar-refractivity contribution in [1.29, 1.82) is 0 Å². The summed E-state index contributed by atoms with van der Waals surface area (Å²) in [5.41, 5.74) is 3.73. The van der Waals surface area contributed by atoms with Gasteiger partial charge in [0.25, 0.3) is 11.8 Å². The fourth-order valence-corrected chi connectivity index (χ4v) is 8.01. The van der Waals surface area contributed by atoms with E-state index in [1.807, 2.05) is 0 Å². The summed E-state index contributed by atoms with van der Waals surface area (Å²) in [6.07, 6.45) is 0.605. The van der Waals surface area contributed by atoms with Gasteiger partial charge in [-0.25, -0.2) is 31.6 Å². The summed E-state index contributed by atoms with van der Waals surface area (Å²) in [6.45, 7) is -0.403. The van der Waals surface area contributed by atoms with Crippen molar-refractivity contribution in [1.82, 2.24) is 4.90 Å². The van der Waals surface area contributed by atoms with Gasteiger partial charge < -0.3 is 15.6 Å². The van der Waals surface area contributed by atoms with Crippen LogP contribution in [-0.4, -0.2) is 62.6 Å². The quantitative estimate of drug-likeness (QED) is 0.122. The number of likely N-dealkylation sites (tertiary alicyclic amines) is 1. The number of imide groups is 4. The summed E-state index contributed by atoms with van der Waals surface area (Å²) < 4.78 is 77.9. The minimum absolute atomic E-state index is 0.0837. The first-order valence-corrected chi connectivity index (χ1v) is 14.4. The molecule has 2 heterocycles. The van der Waals surface area contributed by atoms with Crippen molar-refractivity contribution in [2.45, 2.75) is 28.5 Å². The minimum atomic E-state index is -2.70. The van der Waals surface area contributed by atoms with E-state index in [-0.39, 0.29) is 46.3 Å². The lowest BCUT2D eigenvalue weighted by Gasteiger charge is -2.50. The van der Waals surface area contributed by atoms with Crippen LogP contribution in [0.1, 0.15) is 24.3 Å². The van der Waals surface area contributed by atoms with Crippen molar-refractivity contribution >= 4 is 58.5 Å². The summed E-state index contributed by atoms with van der Waals surface area (Å²) in [7, 11) is 0. The number of fused-ring (bicyclic) bond motifs is 4. The lowest BCUT2D eigenvalue weighted by molar-refractivity contribution is -0.136. The number of allylic oxidation sites excluding steroid dienone is 2. The molecule has 1 saturated carbocycles. The minimum Gasteiger partial charge on any atom is -0.491 e. The fourth-order valence-electron chi connectivity index (χ4n) is 7.08. The fraction of sp³-hybridized carbons (Fsp3) is 0.345. The summed E-state index contributed by atoms with van der Waals surface area (Å²) in [6, 6.07) is 4.24. The van der Waals surface area contributed by atoms with Crippen LogP contribution < -0.4 is 15.4 Å². The Balaban J connectivity index is 1.57. The number of ether oxygens (including phenoxy) is 1. The number of nitrogens with two attached hydrogens (primary N) is 1. The lowest BCUT2D eigenvalue weighted by atomic mass is 9.56. The molecule has 242 valence electrons.